The summed E-state index contributed by atoms with van der Waals surface area (Å²) in [4.78, 5) is 0. The Morgan fingerprint density at radius 2 is 1.00 bits per heavy atom. The van der Waals surface area contributed by atoms with Crippen molar-refractivity contribution in [3.05, 3.63) is 0 Å². The molecule has 0 atom stereocenters. The van der Waals surface area contributed by atoms with E-state index in [4.69, 9.17) is 5.41 Å². The fourth-order valence-electron chi connectivity index (χ4n) is 0. The van der Waals surface area contributed by atoms with Crippen molar-refractivity contribution in [3.63, 3.8) is 0 Å². The summed E-state index contributed by atoms with van der Waals surface area (Å²) < 4.78 is 0. The highest BCUT2D eigenvalue weighted by Crippen LogP contribution is 0.691. The fraction of sp³-hybridized carbons (Fsp3) is 0. The first-order chi connectivity index (χ1) is 1.00. The average Bonchev–Trinajstić information content (AvgIpc) is 1.00. The largest absolute Gasteiger partial charge is 0.317 e. The van der Waals surface area contributed by atoms with Crippen molar-refractivity contribution in [2.45, 2.75) is 0 Å². The van der Waals surface area contributed by atoms with Crippen molar-refractivity contribution in [1.82, 2.24) is 0 Å². The molecule has 28 valence electrons. The van der Waals surface area contributed by atoms with Crippen molar-refractivity contribution < 1.29 is 0 Å². The molecule has 0 aromatic rings. The van der Waals surface area contributed by atoms with Gasteiger partial charge in [-0.25, -0.2) is 0 Å². The lowest BCUT2D eigenvalue weighted by Gasteiger charge is -0.890. The van der Waals surface area contributed by atoms with Gasteiger partial charge in [-0.1, -0.05) is 0 Å². The third-order valence-corrected chi connectivity index (χ3v) is 0. The summed E-state index contributed by atoms with van der Waals surface area (Å²) in [5.74, 6) is 0. The van der Waals surface area contributed by atoms with E-state index in [0.29, 0.717) is 0 Å². The highest BCUT2D eigenvalue weighted by atomic mass is 35.5. The summed E-state index contributed by atoms with van der Waals surface area (Å²) in [5.41, 5.74) is 0. The van der Waals surface area contributed by atoms with Crippen molar-refractivity contribution in [2.24, 2.45) is 0 Å². The maximum absolute atomic E-state index is 5.50. The van der Waals surface area contributed by atoms with Gasteiger partial charge in [0.25, 0.3) is 0 Å². The second-order valence-electron chi connectivity index (χ2n) is 0. The van der Waals surface area contributed by atoms with Crippen LogP contribution in [0.3, 0.4) is 0 Å². The van der Waals surface area contributed by atoms with Crippen LogP contribution in [-0.2, 0) is 0 Å². The Hall–Kier alpha value is 0.250. The summed E-state index contributed by atoms with van der Waals surface area (Å²) >= 11 is 0. The quantitative estimate of drug-likeness (QED) is 0.443. The first-order valence-electron chi connectivity index (χ1n) is 0.354. The zero-order chi connectivity index (χ0) is 2.00. The Morgan fingerprint density at radius 1 is 1.00 bits per heavy atom. The minimum atomic E-state index is 0. The summed E-state index contributed by atoms with van der Waals surface area (Å²) in [5, 5.41) is 5.50. The molecule has 0 aliphatic rings. The predicted molar refractivity (Wildman–Crippen MR) is 24.3 cm³/mol. The number of nitrogens with one attached hydrogen (secondary N) is 1. The van der Waals surface area contributed by atoms with Crippen molar-refractivity contribution in [3.8, 4) is 0 Å². The Kier molecular flexibility index (Phi) is 1890. The average molecular weight is 102 g/mol. The van der Waals surface area contributed by atoms with E-state index in [0.717, 1.165) is 0 Å². The normalized spacial score (nSPS) is 1.00. The Balaban J connectivity index is -0.00000000500. The van der Waals surface area contributed by atoms with Crippen molar-refractivity contribution in [1.29, 1.82) is 5.41 Å². The van der Waals surface area contributed by atoms with E-state index in [2.05, 4.69) is 6.72 Å². The molecule has 0 unspecified atom stereocenters. The van der Waals surface area contributed by atoms with Gasteiger partial charge in [0.1, 0.15) is 0 Å². The SMILES string of the molecule is C=N.Cl.Cl. The summed E-state index contributed by atoms with van der Waals surface area (Å²) in [6, 6.07) is 0. The monoisotopic (exact) mass is 101 g/mol. The third-order valence-electron chi connectivity index (χ3n) is 0. The lowest BCUT2D eigenvalue weighted by molar-refractivity contribution is 1.61. The molecule has 0 aliphatic carbocycles. The van der Waals surface area contributed by atoms with Gasteiger partial charge in [0.2, 0.25) is 0 Å². The molecule has 0 radical (unpaired) electrons. The molecule has 0 saturated carbocycles. The van der Waals surface area contributed by atoms with Crippen LogP contribution in [0.4, 0.5) is 0 Å². The molecule has 4 heavy (non-hydrogen) atoms. The molecule has 0 aromatic carbocycles. The fourth-order valence-corrected chi connectivity index (χ4v) is 0. The Morgan fingerprint density at radius 3 is 1.00 bits per heavy atom. The smallest absolute Gasteiger partial charge is 0.0187 e. The van der Waals surface area contributed by atoms with E-state index in [1.54, 1.807) is 0 Å². The van der Waals surface area contributed by atoms with Gasteiger partial charge in [0, 0.05) is 0 Å². The van der Waals surface area contributed by atoms with Crippen LogP contribution in [0.15, 0.2) is 0 Å². The molecule has 0 aliphatic heterocycles. The summed E-state index contributed by atoms with van der Waals surface area (Å²) in [6.45, 7) is 2.50. The van der Waals surface area contributed by atoms with Crippen LogP contribution in [0.25, 0.3) is 0 Å². The third kappa shape index (κ3) is 56.3. The molecule has 0 bridgehead atoms. The van der Waals surface area contributed by atoms with E-state index in [-0.39, 0.29) is 24.8 Å². The zero-order valence-corrected chi connectivity index (χ0v) is 3.66. The predicted octanol–water partition coefficient (Wildman–Crippen LogP) is 1.11. The van der Waals surface area contributed by atoms with Gasteiger partial charge in [-0.3, -0.25) is 0 Å². The van der Waals surface area contributed by atoms with Crippen molar-refractivity contribution >= 4 is 31.5 Å². The summed E-state index contributed by atoms with van der Waals surface area (Å²) in [6.07, 6.45) is 0. The van der Waals surface area contributed by atoms with E-state index < -0.39 is 0 Å². The summed E-state index contributed by atoms with van der Waals surface area (Å²) in [7, 11) is 0. The van der Waals surface area contributed by atoms with Crippen LogP contribution < -0.4 is 0 Å². The highest BCUT2D eigenvalue weighted by molar-refractivity contribution is 5.85. The van der Waals surface area contributed by atoms with Crippen LogP contribution in [0.1, 0.15) is 0 Å². The van der Waals surface area contributed by atoms with E-state index in [1.165, 1.54) is 0 Å². The molecule has 0 rings (SSSR count). The number of rotatable bonds is 0. The van der Waals surface area contributed by atoms with Crippen LogP contribution in [0, 0.1) is 5.41 Å². The number of halogens is 2. The van der Waals surface area contributed by atoms with Gasteiger partial charge in [-0.05, 0) is 6.72 Å². The molecular formula is CH5Cl2N. The standard InChI is InChI=1S/CH3N.2ClH/c1-2;;/h2H,1H2;2*1H. The Labute approximate surface area is 37.7 Å². The molecule has 0 saturated heterocycles. The topological polar surface area (TPSA) is 23.9 Å². The molecule has 1 N–H and O–H groups in total. The molecule has 1 nitrogen and oxygen atoms in total. The van der Waals surface area contributed by atoms with E-state index in [1.807, 2.05) is 0 Å². The molecule has 0 amide bonds. The maximum Gasteiger partial charge on any atom is -0.0187 e. The molecule has 0 heterocycles. The molecule has 0 aromatic heterocycles. The molecule has 0 fully saturated rings. The minimum Gasteiger partial charge on any atom is -0.317 e. The first-order valence-corrected chi connectivity index (χ1v) is 0.354. The van der Waals surface area contributed by atoms with Crippen LogP contribution in [-0.4, -0.2) is 6.72 Å². The van der Waals surface area contributed by atoms with Crippen molar-refractivity contribution in [2.75, 3.05) is 0 Å². The van der Waals surface area contributed by atoms with Gasteiger partial charge >= 0.3 is 0 Å². The number of hydrogen-bond donors (Lipinski definition) is 1. The highest BCUT2D eigenvalue weighted by Gasteiger charge is 0.555. The molecule has 0 spiro atoms. The molecule has 3 heteroatoms. The van der Waals surface area contributed by atoms with Gasteiger partial charge in [0.15, 0.2) is 0 Å². The van der Waals surface area contributed by atoms with Crippen LogP contribution in [0.2, 0.25) is 0 Å². The van der Waals surface area contributed by atoms with Crippen LogP contribution >= 0.6 is 24.8 Å². The van der Waals surface area contributed by atoms with Crippen LogP contribution in [0.5, 0.6) is 0 Å². The van der Waals surface area contributed by atoms with E-state index in [9.17, 15) is 0 Å². The Bertz CT molecular complexity index is 6.00. The lowest BCUT2D eigenvalue weighted by atomic mass is 11.8. The second-order valence-corrected chi connectivity index (χ2v) is 0. The minimum absolute atomic E-state index is 0. The first kappa shape index (κ1) is 28.7. The van der Waals surface area contributed by atoms with Gasteiger partial charge in [0.05, 0.1) is 0 Å². The van der Waals surface area contributed by atoms with Gasteiger partial charge in [-0.15, -0.1) is 24.8 Å². The zero-order valence-electron chi connectivity index (χ0n) is 2.02. The number of hydrogen-bond acceptors (Lipinski definition) is 1. The van der Waals surface area contributed by atoms with E-state index >= 15 is 0 Å². The van der Waals surface area contributed by atoms with Gasteiger partial charge in [-0.2, -0.15) is 0 Å². The maximum atomic E-state index is 5.50. The second kappa shape index (κ2) is 263. The lowest BCUT2D eigenvalue weighted by Crippen LogP contribution is -0.827. The van der Waals surface area contributed by atoms with Gasteiger partial charge < -0.3 is 5.41 Å². The molecular weight excluding hydrogens is 96.9 g/mol.